The van der Waals surface area contributed by atoms with Gasteiger partial charge in [0.25, 0.3) is 0 Å². The highest BCUT2D eigenvalue weighted by Crippen LogP contribution is 2.29. The van der Waals surface area contributed by atoms with Crippen molar-refractivity contribution in [1.82, 2.24) is 4.98 Å². The number of hydrogen-bond acceptors (Lipinski definition) is 2. The van der Waals surface area contributed by atoms with Gasteiger partial charge in [0.2, 0.25) is 5.91 Å². The predicted molar refractivity (Wildman–Crippen MR) is 70.4 cm³/mol. The van der Waals surface area contributed by atoms with E-state index in [-0.39, 0.29) is 11.8 Å². The quantitative estimate of drug-likeness (QED) is 0.830. The number of benzene rings is 1. The summed E-state index contributed by atoms with van der Waals surface area (Å²) in [6.07, 6.45) is 5.25. The zero-order valence-corrected chi connectivity index (χ0v) is 9.97. The standard InChI is InChI=1S/C15H14N2O/c18-15-13(12-5-3-9-16-10-12)8-7-11-4-1-2-6-14(11)17-15/h1-6,9-10,13H,7-8H2,(H,17,18)/t13-/m1/s1. The van der Waals surface area contributed by atoms with Crippen molar-refractivity contribution in [3.63, 3.8) is 0 Å². The Hall–Kier alpha value is -2.16. The van der Waals surface area contributed by atoms with Gasteiger partial charge in [0.1, 0.15) is 0 Å². The van der Waals surface area contributed by atoms with Gasteiger partial charge in [-0.15, -0.1) is 0 Å². The molecule has 3 rings (SSSR count). The molecule has 3 nitrogen and oxygen atoms in total. The maximum atomic E-state index is 12.2. The molecule has 1 aromatic carbocycles. The third-order valence-electron chi connectivity index (χ3n) is 3.38. The highest BCUT2D eigenvalue weighted by molar-refractivity contribution is 5.97. The number of anilines is 1. The molecule has 0 radical (unpaired) electrons. The Morgan fingerprint density at radius 2 is 2.06 bits per heavy atom. The average molecular weight is 238 g/mol. The Balaban J connectivity index is 1.92. The van der Waals surface area contributed by atoms with Crippen LogP contribution in [0.5, 0.6) is 0 Å². The van der Waals surface area contributed by atoms with Crippen LogP contribution in [0.25, 0.3) is 0 Å². The molecular formula is C15H14N2O. The van der Waals surface area contributed by atoms with Gasteiger partial charge >= 0.3 is 0 Å². The fourth-order valence-electron chi connectivity index (χ4n) is 2.41. The van der Waals surface area contributed by atoms with E-state index in [1.54, 1.807) is 12.4 Å². The van der Waals surface area contributed by atoms with E-state index in [1.165, 1.54) is 5.56 Å². The first kappa shape index (κ1) is 11.0. The topological polar surface area (TPSA) is 42.0 Å². The second kappa shape index (κ2) is 4.61. The summed E-state index contributed by atoms with van der Waals surface area (Å²) in [5.74, 6) is -0.0425. The number of amides is 1. The van der Waals surface area contributed by atoms with Crippen LogP contribution >= 0.6 is 0 Å². The smallest absolute Gasteiger partial charge is 0.231 e. The highest BCUT2D eigenvalue weighted by atomic mass is 16.1. The summed E-state index contributed by atoms with van der Waals surface area (Å²) in [5.41, 5.74) is 3.13. The lowest BCUT2D eigenvalue weighted by Gasteiger charge is -2.12. The molecule has 2 aromatic rings. The number of carbonyl (C=O) groups excluding carboxylic acids is 1. The number of carbonyl (C=O) groups is 1. The lowest BCUT2D eigenvalue weighted by molar-refractivity contribution is -0.117. The Morgan fingerprint density at radius 1 is 1.17 bits per heavy atom. The Labute approximate surface area is 106 Å². The summed E-state index contributed by atoms with van der Waals surface area (Å²) in [5, 5.41) is 3.00. The summed E-state index contributed by atoms with van der Waals surface area (Å²) in [7, 11) is 0. The third kappa shape index (κ3) is 1.99. The molecular weight excluding hydrogens is 224 g/mol. The van der Waals surface area contributed by atoms with Crippen LogP contribution in [-0.2, 0) is 11.2 Å². The molecule has 18 heavy (non-hydrogen) atoms. The Morgan fingerprint density at radius 3 is 2.89 bits per heavy atom. The van der Waals surface area contributed by atoms with E-state index in [1.807, 2.05) is 30.3 Å². The van der Waals surface area contributed by atoms with Crippen molar-refractivity contribution in [3.8, 4) is 0 Å². The first-order valence-corrected chi connectivity index (χ1v) is 6.13. The van der Waals surface area contributed by atoms with Crippen molar-refractivity contribution in [2.45, 2.75) is 18.8 Å². The van der Waals surface area contributed by atoms with E-state index in [0.29, 0.717) is 0 Å². The molecule has 0 unspecified atom stereocenters. The van der Waals surface area contributed by atoms with E-state index in [4.69, 9.17) is 0 Å². The summed E-state index contributed by atoms with van der Waals surface area (Å²) in [6, 6.07) is 11.8. The minimum Gasteiger partial charge on any atom is -0.325 e. The van der Waals surface area contributed by atoms with Crippen molar-refractivity contribution in [1.29, 1.82) is 0 Å². The second-order valence-electron chi connectivity index (χ2n) is 4.52. The summed E-state index contributed by atoms with van der Waals surface area (Å²) >= 11 is 0. The number of hydrogen-bond donors (Lipinski definition) is 1. The summed E-state index contributed by atoms with van der Waals surface area (Å²) < 4.78 is 0. The molecule has 0 fully saturated rings. The molecule has 0 spiro atoms. The van der Waals surface area contributed by atoms with Crippen LogP contribution in [-0.4, -0.2) is 10.9 Å². The van der Waals surface area contributed by atoms with Crippen molar-refractivity contribution < 1.29 is 4.79 Å². The van der Waals surface area contributed by atoms with Gasteiger partial charge in [-0.3, -0.25) is 9.78 Å². The molecule has 90 valence electrons. The minimum absolute atomic E-state index is 0.0629. The Kier molecular flexibility index (Phi) is 2.81. The molecule has 1 aliphatic heterocycles. The van der Waals surface area contributed by atoms with Crippen molar-refractivity contribution >= 4 is 11.6 Å². The van der Waals surface area contributed by atoms with E-state index >= 15 is 0 Å². The summed E-state index contributed by atoms with van der Waals surface area (Å²) in [4.78, 5) is 16.3. The lowest BCUT2D eigenvalue weighted by Crippen LogP contribution is -2.19. The average Bonchev–Trinajstić information content (AvgIpc) is 2.58. The molecule has 0 bridgehead atoms. The number of pyridine rings is 1. The number of rotatable bonds is 1. The molecule has 1 aromatic heterocycles. The van der Waals surface area contributed by atoms with E-state index in [2.05, 4.69) is 16.4 Å². The maximum absolute atomic E-state index is 12.2. The third-order valence-corrected chi connectivity index (χ3v) is 3.38. The number of fused-ring (bicyclic) bond motifs is 1. The van der Waals surface area contributed by atoms with Crippen LogP contribution in [0, 0.1) is 0 Å². The minimum atomic E-state index is -0.105. The first-order chi connectivity index (χ1) is 8.84. The number of para-hydroxylation sites is 1. The molecule has 2 heterocycles. The van der Waals surface area contributed by atoms with Gasteiger partial charge in [0.05, 0.1) is 5.92 Å². The van der Waals surface area contributed by atoms with Crippen molar-refractivity contribution in [3.05, 3.63) is 59.9 Å². The van der Waals surface area contributed by atoms with Crippen LogP contribution in [0.4, 0.5) is 5.69 Å². The SMILES string of the molecule is O=C1Nc2ccccc2CC[C@@H]1c1cccnc1. The molecule has 1 atom stereocenters. The molecule has 1 N–H and O–H groups in total. The normalized spacial score (nSPS) is 18.7. The van der Waals surface area contributed by atoms with E-state index in [9.17, 15) is 4.79 Å². The fourth-order valence-corrected chi connectivity index (χ4v) is 2.41. The van der Waals surface area contributed by atoms with Crippen LogP contribution < -0.4 is 5.32 Å². The number of aryl methyl sites for hydroxylation is 1. The Bertz CT molecular complexity index is 566. The largest absolute Gasteiger partial charge is 0.325 e. The van der Waals surface area contributed by atoms with Gasteiger partial charge in [-0.25, -0.2) is 0 Å². The maximum Gasteiger partial charge on any atom is 0.231 e. The van der Waals surface area contributed by atoms with Crippen molar-refractivity contribution in [2.24, 2.45) is 0 Å². The van der Waals surface area contributed by atoms with E-state index < -0.39 is 0 Å². The molecule has 0 saturated heterocycles. The zero-order chi connectivity index (χ0) is 12.4. The summed E-state index contributed by atoms with van der Waals surface area (Å²) in [6.45, 7) is 0. The van der Waals surface area contributed by atoms with Gasteiger partial charge in [0.15, 0.2) is 0 Å². The number of nitrogens with one attached hydrogen (secondary N) is 1. The van der Waals surface area contributed by atoms with Crippen LogP contribution in [0.2, 0.25) is 0 Å². The molecule has 1 aliphatic rings. The second-order valence-corrected chi connectivity index (χ2v) is 4.52. The molecule has 1 amide bonds. The highest BCUT2D eigenvalue weighted by Gasteiger charge is 2.24. The van der Waals surface area contributed by atoms with Crippen LogP contribution in [0.15, 0.2) is 48.8 Å². The predicted octanol–water partition coefficient (Wildman–Crippen LogP) is 2.75. The van der Waals surface area contributed by atoms with Crippen molar-refractivity contribution in [2.75, 3.05) is 5.32 Å². The molecule has 0 aliphatic carbocycles. The van der Waals surface area contributed by atoms with Gasteiger partial charge in [-0.2, -0.15) is 0 Å². The van der Waals surface area contributed by atoms with Gasteiger partial charge in [0, 0.05) is 18.1 Å². The van der Waals surface area contributed by atoms with Crippen LogP contribution in [0.3, 0.4) is 0 Å². The van der Waals surface area contributed by atoms with Gasteiger partial charge in [-0.05, 0) is 36.1 Å². The lowest BCUT2D eigenvalue weighted by atomic mass is 9.94. The molecule has 3 heteroatoms. The number of nitrogens with zero attached hydrogens (tertiary/aromatic N) is 1. The fraction of sp³-hybridized carbons (Fsp3) is 0.200. The monoisotopic (exact) mass is 238 g/mol. The first-order valence-electron chi connectivity index (χ1n) is 6.13. The zero-order valence-electron chi connectivity index (χ0n) is 9.97. The van der Waals surface area contributed by atoms with Gasteiger partial charge < -0.3 is 5.32 Å². The van der Waals surface area contributed by atoms with Gasteiger partial charge in [-0.1, -0.05) is 24.3 Å². The van der Waals surface area contributed by atoms with E-state index in [0.717, 1.165) is 24.1 Å². The molecule has 0 saturated carbocycles. The van der Waals surface area contributed by atoms with Crippen LogP contribution in [0.1, 0.15) is 23.5 Å². The number of aromatic nitrogens is 1.